The van der Waals surface area contributed by atoms with E-state index in [1.807, 2.05) is 19.9 Å². The fourth-order valence-corrected chi connectivity index (χ4v) is 3.55. The van der Waals surface area contributed by atoms with Crippen LogP contribution in [0.2, 0.25) is 0 Å². The normalized spacial score (nSPS) is 12.2. The molecule has 0 fully saturated rings. The van der Waals surface area contributed by atoms with Gasteiger partial charge in [-0.25, -0.2) is 9.59 Å². The van der Waals surface area contributed by atoms with Crippen LogP contribution in [0.25, 0.3) is 0 Å². The third-order valence-corrected chi connectivity index (χ3v) is 5.35. The molecule has 0 aromatic heterocycles. The maximum Gasteiger partial charge on any atom is 0.412 e. The van der Waals surface area contributed by atoms with Gasteiger partial charge >= 0.3 is 12.1 Å². The molecule has 0 heterocycles. The van der Waals surface area contributed by atoms with E-state index in [4.69, 9.17) is 15.1 Å². The number of nitrogens with one attached hydrogen (secondary N) is 1. The van der Waals surface area contributed by atoms with Crippen LogP contribution in [0.5, 0.6) is 5.75 Å². The molecule has 0 aliphatic rings. The first-order chi connectivity index (χ1) is 14.6. The van der Waals surface area contributed by atoms with Crippen LogP contribution in [0, 0.1) is 20.3 Å². The summed E-state index contributed by atoms with van der Waals surface area (Å²) in [6, 6.07) is 13.4. The highest BCUT2D eigenvalue weighted by atomic mass is 127. The number of carboxylic acid groups (broad SMARTS) is 1. The van der Waals surface area contributed by atoms with Gasteiger partial charge in [0.15, 0.2) is 0 Å². The number of aliphatic carboxylic acids is 1. The van der Waals surface area contributed by atoms with Gasteiger partial charge in [0.05, 0.1) is 11.6 Å². The van der Waals surface area contributed by atoms with E-state index < -0.39 is 23.6 Å². The molecule has 1 amide bonds. The van der Waals surface area contributed by atoms with E-state index in [9.17, 15) is 14.7 Å². The Morgan fingerprint density at radius 3 is 2.55 bits per heavy atom. The summed E-state index contributed by atoms with van der Waals surface area (Å²) in [6.07, 6.45) is 2.09. The molecule has 2 aromatic carbocycles. The summed E-state index contributed by atoms with van der Waals surface area (Å²) in [7, 11) is 0. The molecule has 7 nitrogen and oxygen atoms in total. The molecule has 8 heteroatoms. The van der Waals surface area contributed by atoms with Crippen LogP contribution >= 0.6 is 22.6 Å². The number of hydrogen-bond donors (Lipinski definition) is 3. The topological polar surface area (TPSA) is 120 Å². The second-order valence-electron chi connectivity index (χ2n) is 7.57. The minimum atomic E-state index is -1.03. The Morgan fingerprint density at radius 1 is 1.26 bits per heavy atom. The Morgan fingerprint density at radius 2 is 1.94 bits per heavy atom. The summed E-state index contributed by atoms with van der Waals surface area (Å²) in [5, 5.41) is 30.7. The molecule has 0 saturated carbocycles. The van der Waals surface area contributed by atoms with Gasteiger partial charge in [0.2, 0.25) is 0 Å². The first-order valence-electron chi connectivity index (χ1n) is 9.48. The van der Waals surface area contributed by atoms with Gasteiger partial charge < -0.3 is 14.9 Å². The van der Waals surface area contributed by atoms with E-state index in [0.29, 0.717) is 29.7 Å². The number of carbonyl (C=O) groups excluding carboxylic acids is 1. The molecular weight excluding hydrogens is 511 g/mol. The average molecular weight is 534 g/mol. The number of carboxylic acids is 1. The standard InChI is InChI=1S/C23H23IN2O5/c1-23(2,12-4-3-5-20(28)29)21(18-13-16(24)8-11-19(18)27)31-22(30)26-17-9-6-15(14-25)7-10-17/h3,5-11,13,21,27H,4,12H2,1-2H3,(H,26,30)(H,28,29)/b5-3+/t21-/m0/s1. The largest absolute Gasteiger partial charge is 0.508 e. The third kappa shape index (κ3) is 7.29. The van der Waals surface area contributed by atoms with Crippen LogP contribution in [-0.2, 0) is 9.53 Å². The van der Waals surface area contributed by atoms with Crippen LogP contribution in [0.1, 0.15) is 43.9 Å². The number of phenolic OH excluding ortho intramolecular Hbond substituents is 1. The Hall–Kier alpha value is -3.06. The van der Waals surface area contributed by atoms with E-state index in [1.54, 1.807) is 48.5 Å². The second kappa shape index (κ2) is 10.8. The molecule has 31 heavy (non-hydrogen) atoms. The number of allylic oxidation sites excluding steroid dienone is 1. The zero-order chi connectivity index (χ0) is 23.0. The zero-order valence-corrected chi connectivity index (χ0v) is 19.3. The highest BCUT2D eigenvalue weighted by Crippen LogP contribution is 2.44. The molecule has 0 unspecified atom stereocenters. The Kier molecular flexibility index (Phi) is 8.45. The maximum atomic E-state index is 12.6. The maximum absolute atomic E-state index is 12.6. The Labute approximate surface area is 194 Å². The van der Waals surface area contributed by atoms with Gasteiger partial charge in [0.1, 0.15) is 11.9 Å². The van der Waals surface area contributed by atoms with Gasteiger partial charge in [0.25, 0.3) is 0 Å². The molecule has 0 spiro atoms. The summed E-state index contributed by atoms with van der Waals surface area (Å²) in [6.45, 7) is 3.78. The van der Waals surface area contributed by atoms with Gasteiger partial charge in [-0.15, -0.1) is 0 Å². The highest BCUT2D eigenvalue weighted by Gasteiger charge is 2.35. The molecule has 2 rings (SSSR count). The lowest BCUT2D eigenvalue weighted by molar-refractivity contribution is -0.131. The number of benzene rings is 2. The predicted molar refractivity (Wildman–Crippen MR) is 125 cm³/mol. The van der Waals surface area contributed by atoms with E-state index in [1.165, 1.54) is 0 Å². The SMILES string of the molecule is CC(C)(CC/C=C/C(=O)O)[C@@H](OC(=O)Nc1ccc(C#N)cc1)c1cc(I)ccc1O. The van der Waals surface area contributed by atoms with Crippen LogP contribution in [0.4, 0.5) is 10.5 Å². The van der Waals surface area contributed by atoms with Crippen molar-refractivity contribution in [3.05, 3.63) is 69.3 Å². The fraction of sp³-hybridized carbons (Fsp3) is 0.261. The summed E-state index contributed by atoms with van der Waals surface area (Å²) in [5.74, 6) is -1.02. The van der Waals surface area contributed by atoms with Crippen molar-refractivity contribution in [2.75, 3.05) is 5.32 Å². The molecule has 0 radical (unpaired) electrons. The Balaban J connectivity index is 2.26. The quantitative estimate of drug-likeness (QED) is 0.300. The summed E-state index contributed by atoms with van der Waals surface area (Å²) in [4.78, 5) is 23.3. The minimum absolute atomic E-state index is 0.00532. The van der Waals surface area contributed by atoms with Crippen molar-refractivity contribution in [1.29, 1.82) is 5.26 Å². The van der Waals surface area contributed by atoms with E-state index >= 15 is 0 Å². The van der Waals surface area contributed by atoms with Crippen molar-refractivity contribution in [3.8, 4) is 11.8 Å². The van der Waals surface area contributed by atoms with Crippen molar-refractivity contribution >= 4 is 40.3 Å². The van der Waals surface area contributed by atoms with Gasteiger partial charge in [-0.3, -0.25) is 5.32 Å². The lowest BCUT2D eigenvalue weighted by Gasteiger charge is -2.34. The number of amides is 1. The molecule has 0 saturated heterocycles. The molecule has 0 aliphatic carbocycles. The summed E-state index contributed by atoms with van der Waals surface area (Å²) in [5.41, 5.74) is 0.786. The number of rotatable bonds is 8. The van der Waals surface area contributed by atoms with Crippen molar-refractivity contribution < 1.29 is 24.5 Å². The summed E-state index contributed by atoms with van der Waals surface area (Å²) >= 11 is 2.11. The van der Waals surface area contributed by atoms with Gasteiger partial charge in [-0.1, -0.05) is 19.9 Å². The van der Waals surface area contributed by atoms with Gasteiger partial charge in [0, 0.05) is 26.3 Å². The Bertz CT molecular complexity index is 1010. The molecular formula is C23H23IN2O5. The number of hydrogen-bond acceptors (Lipinski definition) is 5. The minimum Gasteiger partial charge on any atom is -0.508 e. The van der Waals surface area contributed by atoms with Crippen molar-refractivity contribution in [2.24, 2.45) is 5.41 Å². The van der Waals surface area contributed by atoms with Crippen LogP contribution in [0.3, 0.4) is 0 Å². The molecule has 3 N–H and O–H groups in total. The van der Waals surface area contributed by atoms with Crippen LogP contribution < -0.4 is 5.32 Å². The number of nitriles is 1. The highest BCUT2D eigenvalue weighted by molar-refractivity contribution is 14.1. The van der Waals surface area contributed by atoms with Crippen molar-refractivity contribution in [3.63, 3.8) is 0 Å². The third-order valence-electron chi connectivity index (χ3n) is 4.68. The van der Waals surface area contributed by atoms with E-state index in [-0.39, 0.29) is 5.75 Å². The predicted octanol–water partition coefficient (Wildman–Crippen LogP) is 5.61. The van der Waals surface area contributed by atoms with Crippen molar-refractivity contribution in [1.82, 2.24) is 0 Å². The molecule has 0 aliphatic heterocycles. The number of carbonyl (C=O) groups is 2. The monoisotopic (exact) mass is 534 g/mol. The van der Waals surface area contributed by atoms with Crippen LogP contribution in [-0.4, -0.2) is 22.3 Å². The smallest absolute Gasteiger partial charge is 0.412 e. The molecule has 0 bridgehead atoms. The second-order valence-corrected chi connectivity index (χ2v) is 8.82. The van der Waals surface area contributed by atoms with Gasteiger partial charge in [-0.2, -0.15) is 5.26 Å². The number of ether oxygens (including phenoxy) is 1. The first kappa shape index (κ1) is 24.2. The van der Waals surface area contributed by atoms with E-state index in [0.717, 1.165) is 9.65 Å². The van der Waals surface area contributed by atoms with Crippen molar-refractivity contribution in [2.45, 2.75) is 32.8 Å². The zero-order valence-electron chi connectivity index (χ0n) is 17.1. The van der Waals surface area contributed by atoms with Gasteiger partial charge in [-0.05, 0) is 77.9 Å². The lowest BCUT2D eigenvalue weighted by atomic mass is 9.78. The molecule has 162 valence electrons. The van der Waals surface area contributed by atoms with E-state index in [2.05, 4.69) is 27.9 Å². The molecule has 1 atom stereocenters. The number of phenols is 1. The number of aromatic hydroxyl groups is 1. The number of halogens is 1. The molecule has 2 aromatic rings. The average Bonchev–Trinajstić information content (AvgIpc) is 2.72. The first-order valence-corrected chi connectivity index (χ1v) is 10.6. The number of anilines is 1. The fourth-order valence-electron chi connectivity index (χ4n) is 3.03. The number of nitrogens with zero attached hydrogens (tertiary/aromatic N) is 1. The summed E-state index contributed by atoms with van der Waals surface area (Å²) < 4.78 is 6.63. The lowest BCUT2D eigenvalue weighted by Crippen LogP contribution is -2.29. The van der Waals surface area contributed by atoms with Crippen LogP contribution in [0.15, 0.2) is 54.6 Å².